The minimum absolute atomic E-state index is 0.111. The first-order valence-electron chi connectivity index (χ1n) is 7.17. The lowest BCUT2D eigenvalue weighted by atomic mass is 9.68. The number of esters is 1. The quantitative estimate of drug-likeness (QED) is 0.647. The second-order valence-electron chi connectivity index (χ2n) is 5.44. The monoisotopic (exact) mass is 294 g/mol. The van der Waals surface area contributed by atoms with Crippen molar-refractivity contribution < 1.29 is 23.8 Å². The van der Waals surface area contributed by atoms with Crippen LogP contribution < -0.4 is 0 Å². The van der Waals surface area contributed by atoms with E-state index in [0.29, 0.717) is 0 Å². The van der Waals surface area contributed by atoms with Crippen LogP contribution in [0.2, 0.25) is 0 Å². The maximum Gasteiger partial charge on any atom is 0.328 e. The molecule has 1 fully saturated rings. The fraction of sp³-hybridized carbons (Fsp3) is 0.500. The van der Waals surface area contributed by atoms with Crippen LogP contribution in [0.1, 0.15) is 38.2 Å². The van der Waals surface area contributed by atoms with Crippen molar-refractivity contribution in [1.29, 1.82) is 0 Å². The van der Waals surface area contributed by atoms with E-state index in [1.54, 1.807) is 6.92 Å². The van der Waals surface area contributed by atoms with Crippen LogP contribution in [0.3, 0.4) is 0 Å². The molecule has 0 aliphatic heterocycles. The smallest absolute Gasteiger partial charge is 0.328 e. The van der Waals surface area contributed by atoms with Gasteiger partial charge >= 0.3 is 11.9 Å². The number of carbonyl (C=O) groups is 2. The van der Waals surface area contributed by atoms with Crippen molar-refractivity contribution >= 4 is 11.9 Å². The number of halogens is 1. The molecule has 1 unspecified atom stereocenters. The van der Waals surface area contributed by atoms with Gasteiger partial charge in [0.2, 0.25) is 0 Å². The van der Waals surface area contributed by atoms with Gasteiger partial charge in [0, 0.05) is 0 Å². The van der Waals surface area contributed by atoms with Gasteiger partial charge in [-0.05, 0) is 37.0 Å². The van der Waals surface area contributed by atoms with E-state index in [0.717, 1.165) is 19.3 Å². The van der Waals surface area contributed by atoms with E-state index in [-0.39, 0.29) is 24.5 Å². The molecule has 4 nitrogen and oxygen atoms in total. The molecule has 0 bridgehead atoms. The van der Waals surface area contributed by atoms with Crippen LogP contribution in [0.5, 0.6) is 0 Å². The van der Waals surface area contributed by atoms with Gasteiger partial charge in [-0.1, -0.05) is 31.4 Å². The third kappa shape index (κ3) is 2.91. The van der Waals surface area contributed by atoms with Crippen molar-refractivity contribution in [2.45, 2.75) is 38.0 Å². The molecule has 1 N–H and O–H groups in total. The van der Waals surface area contributed by atoms with Crippen LogP contribution in [0.15, 0.2) is 24.3 Å². The van der Waals surface area contributed by atoms with Crippen molar-refractivity contribution in [3.05, 3.63) is 35.6 Å². The molecule has 2 rings (SSSR count). The third-order valence-corrected chi connectivity index (χ3v) is 4.15. The molecule has 0 radical (unpaired) electrons. The average Bonchev–Trinajstić information content (AvgIpc) is 2.39. The molecule has 0 amide bonds. The lowest BCUT2D eigenvalue weighted by molar-refractivity contribution is -0.163. The zero-order valence-corrected chi connectivity index (χ0v) is 12.0. The van der Waals surface area contributed by atoms with Gasteiger partial charge in [0.25, 0.3) is 0 Å². The highest BCUT2D eigenvalue weighted by Gasteiger charge is 2.51. The average molecular weight is 294 g/mol. The minimum Gasteiger partial charge on any atom is -0.480 e. The van der Waals surface area contributed by atoms with Crippen molar-refractivity contribution in [3.8, 4) is 0 Å². The summed E-state index contributed by atoms with van der Waals surface area (Å²) >= 11 is 0. The van der Waals surface area contributed by atoms with Crippen LogP contribution in [-0.4, -0.2) is 23.7 Å². The number of carbonyl (C=O) groups excluding carboxylic acids is 1. The number of carboxylic acid groups (broad SMARTS) is 1. The maximum absolute atomic E-state index is 13.1. The molecule has 1 aliphatic carbocycles. The molecule has 21 heavy (non-hydrogen) atoms. The summed E-state index contributed by atoms with van der Waals surface area (Å²) in [7, 11) is 0. The van der Waals surface area contributed by atoms with Gasteiger partial charge in [0.1, 0.15) is 5.82 Å². The molecular formula is C16H19FO4. The Kier molecular flexibility index (Phi) is 4.60. The Morgan fingerprint density at radius 2 is 1.95 bits per heavy atom. The van der Waals surface area contributed by atoms with Gasteiger partial charge in [-0.15, -0.1) is 0 Å². The minimum atomic E-state index is -1.74. The Hall–Kier alpha value is -1.91. The predicted octanol–water partition coefficient (Wildman–Crippen LogP) is 2.90. The van der Waals surface area contributed by atoms with E-state index in [2.05, 4.69) is 0 Å². The normalized spacial score (nSPS) is 17.6. The molecule has 5 heteroatoms. The molecule has 0 saturated heterocycles. The Balaban J connectivity index is 2.45. The number of rotatable bonds is 6. The lowest BCUT2D eigenvalue weighted by Crippen LogP contribution is -2.47. The number of hydrogen-bond donors (Lipinski definition) is 1. The summed E-state index contributed by atoms with van der Waals surface area (Å²) in [4.78, 5) is 24.3. The Labute approximate surface area is 122 Å². The standard InChI is InChI=1S/C16H19FO4/c1-2-21-15(20)16(14(18)19,10-11-4-3-5-11)12-6-8-13(17)9-7-12/h6-9,11H,2-5,10H2,1H3,(H,18,19). The van der Waals surface area contributed by atoms with Crippen molar-refractivity contribution in [2.75, 3.05) is 6.61 Å². The lowest BCUT2D eigenvalue weighted by Gasteiger charge is -2.35. The molecule has 1 aromatic carbocycles. The molecule has 0 spiro atoms. The van der Waals surface area contributed by atoms with Gasteiger partial charge in [0.15, 0.2) is 5.41 Å². The van der Waals surface area contributed by atoms with Crippen LogP contribution in [-0.2, 0) is 19.7 Å². The van der Waals surface area contributed by atoms with E-state index in [1.807, 2.05) is 0 Å². The maximum atomic E-state index is 13.1. The van der Waals surface area contributed by atoms with Gasteiger partial charge < -0.3 is 9.84 Å². The zero-order chi connectivity index (χ0) is 15.5. The van der Waals surface area contributed by atoms with Crippen molar-refractivity contribution in [3.63, 3.8) is 0 Å². The second-order valence-corrected chi connectivity index (χ2v) is 5.44. The SMILES string of the molecule is CCOC(=O)C(CC1CCC1)(C(=O)O)c1ccc(F)cc1. The third-order valence-electron chi connectivity index (χ3n) is 4.15. The number of carboxylic acids is 1. The fourth-order valence-corrected chi connectivity index (χ4v) is 2.74. The van der Waals surface area contributed by atoms with Crippen molar-refractivity contribution in [2.24, 2.45) is 5.92 Å². The molecule has 1 saturated carbocycles. The highest BCUT2D eigenvalue weighted by molar-refractivity contribution is 6.05. The second kappa shape index (κ2) is 6.24. The van der Waals surface area contributed by atoms with E-state index in [4.69, 9.17) is 4.74 Å². The first-order chi connectivity index (χ1) is 10.0. The summed E-state index contributed by atoms with van der Waals surface area (Å²) in [5, 5.41) is 9.72. The molecular weight excluding hydrogens is 275 g/mol. The van der Waals surface area contributed by atoms with Gasteiger partial charge in [-0.3, -0.25) is 9.59 Å². The van der Waals surface area contributed by atoms with Crippen LogP contribution in [0, 0.1) is 11.7 Å². The number of aliphatic carboxylic acids is 1. The summed E-state index contributed by atoms with van der Waals surface area (Å²) in [5.41, 5.74) is -1.46. The number of hydrogen-bond acceptors (Lipinski definition) is 3. The van der Waals surface area contributed by atoms with Crippen LogP contribution >= 0.6 is 0 Å². The Morgan fingerprint density at radius 3 is 2.38 bits per heavy atom. The van der Waals surface area contributed by atoms with Gasteiger partial charge in [-0.25, -0.2) is 4.39 Å². The molecule has 0 heterocycles. The van der Waals surface area contributed by atoms with E-state index in [9.17, 15) is 19.1 Å². The highest BCUT2D eigenvalue weighted by atomic mass is 19.1. The van der Waals surface area contributed by atoms with Gasteiger partial charge in [-0.2, -0.15) is 0 Å². The van der Waals surface area contributed by atoms with E-state index < -0.39 is 23.2 Å². The molecule has 114 valence electrons. The summed E-state index contributed by atoms with van der Waals surface area (Å²) in [6.45, 7) is 1.75. The van der Waals surface area contributed by atoms with Crippen molar-refractivity contribution in [1.82, 2.24) is 0 Å². The largest absolute Gasteiger partial charge is 0.480 e. The Bertz CT molecular complexity index is 522. The first-order valence-corrected chi connectivity index (χ1v) is 7.17. The van der Waals surface area contributed by atoms with Crippen LogP contribution in [0.25, 0.3) is 0 Å². The summed E-state index contributed by atoms with van der Waals surface area (Å²) in [6, 6.07) is 5.07. The topological polar surface area (TPSA) is 63.6 Å². The predicted molar refractivity (Wildman–Crippen MR) is 74.3 cm³/mol. The summed E-state index contributed by atoms with van der Waals surface area (Å²) < 4.78 is 18.1. The molecule has 1 atom stereocenters. The van der Waals surface area contributed by atoms with E-state index >= 15 is 0 Å². The zero-order valence-electron chi connectivity index (χ0n) is 12.0. The number of benzene rings is 1. The molecule has 1 aromatic rings. The highest BCUT2D eigenvalue weighted by Crippen LogP contribution is 2.41. The van der Waals surface area contributed by atoms with E-state index in [1.165, 1.54) is 24.3 Å². The molecule has 0 aromatic heterocycles. The fourth-order valence-electron chi connectivity index (χ4n) is 2.74. The van der Waals surface area contributed by atoms with Crippen LogP contribution in [0.4, 0.5) is 4.39 Å². The molecule has 1 aliphatic rings. The van der Waals surface area contributed by atoms with Gasteiger partial charge in [0.05, 0.1) is 6.61 Å². The number of ether oxygens (including phenoxy) is 1. The Morgan fingerprint density at radius 1 is 1.33 bits per heavy atom. The summed E-state index contributed by atoms with van der Waals surface area (Å²) in [5.74, 6) is -2.28. The summed E-state index contributed by atoms with van der Waals surface area (Å²) in [6.07, 6.45) is 3.07. The first kappa shape index (κ1) is 15.5.